The van der Waals surface area contributed by atoms with E-state index < -0.39 is 0 Å². The van der Waals surface area contributed by atoms with Crippen molar-refractivity contribution in [3.8, 4) is 0 Å². The Balaban J connectivity index is 1.46. The van der Waals surface area contributed by atoms with Gasteiger partial charge in [-0.2, -0.15) is 0 Å². The molecule has 140 valence electrons. The van der Waals surface area contributed by atoms with Crippen LogP contribution in [0.5, 0.6) is 0 Å². The van der Waals surface area contributed by atoms with Gasteiger partial charge in [-0.3, -0.25) is 4.90 Å². The number of amides is 4. The number of halogens is 1. The van der Waals surface area contributed by atoms with E-state index in [1.54, 1.807) is 34.1 Å². The lowest BCUT2D eigenvalue weighted by molar-refractivity contribution is 0.206. The number of nitrogens with one attached hydrogen (secondary N) is 2. The van der Waals surface area contributed by atoms with Gasteiger partial charge >= 0.3 is 12.1 Å². The Hall–Kier alpha value is -3.09. The molecule has 6 nitrogen and oxygen atoms in total. The number of anilines is 2. The van der Waals surface area contributed by atoms with Gasteiger partial charge in [-0.1, -0.05) is 18.2 Å². The highest BCUT2D eigenvalue weighted by Crippen LogP contribution is 2.29. The van der Waals surface area contributed by atoms with Gasteiger partial charge in [0.2, 0.25) is 0 Å². The molecule has 7 heteroatoms. The summed E-state index contributed by atoms with van der Waals surface area (Å²) in [5.41, 5.74) is 2.28. The summed E-state index contributed by atoms with van der Waals surface area (Å²) in [6.45, 7) is 1.66. The van der Waals surface area contributed by atoms with Crippen LogP contribution in [0.1, 0.15) is 18.4 Å². The second kappa shape index (κ2) is 7.26. The predicted molar refractivity (Wildman–Crippen MR) is 101 cm³/mol. The van der Waals surface area contributed by atoms with E-state index in [9.17, 15) is 14.0 Å². The molecule has 0 atom stereocenters. The van der Waals surface area contributed by atoms with Crippen molar-refractivity contribution in [1.82, 2.24) is 10.2 Å². The third-order valence-electron chi connectivity index (χ3n) is 4.78. The smallest absolute Gasteiger partial charge is 0.322 e. The molecule has 4 rings (SSSR count). The molecule has 1 heterocycles. The van der Waals surface area contributed by atoms with Crippen LogP contribution >= 0.6 is 0 Å². The lowest BCUT2D eigenvalue weighted by Gasteiger charge is -2.23. The van der Waals surface area contributed by atoms with Crippen LogP contribution in [0.25, 0.3) is 0 Å². The summed E-state index contributed by atoms with van der Waals surface area (Å²) < 4.78 is 13.1. The van der Waals surface area contributed by atoms with Gasteiger partial charge in [0.05, 0.1) is 0 Å². The van der Waals surface area contributed by atoms with E-state index in [0.717, 1.165) is 24.1 Å². The SMILES string of the molecule is O=C1NCCN1c1cccc(NC(=O)N(Cc2ccc(F)cc2)C2CC2)c1. The molecule has 1 aliphatic carbocycles. The van der Waals surface area contributed by atoms with E-state index in [2.05, 4.69) is 10.6 Å². The summed E-state index contributed by atoms with van der Waals surface area (Å²) in [5, 5.41) is 5.69. The highest BCUT2D eigenvalue weighted by atomic mass is 19.1. The Kier molecular flexibility index (Phi) is 4.66. The molecule has 2 aromatic rings. The zero-order chi connectivity index (χ0) is 18.8. The number of urea groups is 2. The van der Waals surface area contributed by atoms with Gasteiger partial charge in [0.15, 0.2) is 0 Å². The minimum Gasteiger partial charge on any atom is -0.336 e. The number of benzene rings is 2. The van der Waals surface area contributed by atoms with E-state index in [1.165, 1.54) is 12.1 Å². The van der Waals surface area contributed by atoms with Gasteiger partial charge in [0, 0.05) is 37.1 Å². The first kappa shape index (κ1) is 17.3. The maximum absolute atomic E-state index is 13.1. The van der Waals surface area contributed by atoms with E-state index in [0.29, 0.717) is 25.3 Å². The predicted octanol–water partition coefficient (Wildman–Crippen LogP) is 3.55. The molecule has 2 aliphatic rings. The molecule has 1 saturated carbocycles. The molecule has 2 fully saturated rings. The topological polar surface area (TPSA) is 64.7 Å². The van der Waals surface area contributed by atoms with Crippen molar-refractivity contribution in [2.24, 2.45) is 0 Å². The van der Waals surface area contributed by atoms with Crippen LogP contribution in [0.15, 0.2) is 48.5 Å². The summed E-state index contributed by atoms with van der Waals surface area (Å²) in [6, 6.07) is 13.4. The maximum Gasteiger partial charge on any atom is 0.322 e. The molecular formula is C20H21FN4O2. The van der Waals surface area contributed by atoms with Crippen molar-refractivity contribution >= 4 is 23.4 Å². The van der Waals surface area contributed by atoms with Crippen LogP contribution < -0.4 is 15.5 Å². The zero-order valence-electron chi connectivity index (χ0n) is 14.8. The highest BCUT2D eigenvalue weighted by Gasteiger charge is 2.32. The number of carbonyl (C=O) groups excluding carboxylic acids is 2. The van der Waals surface area contributed by atoms with Crippen molar-refractivity contribution in [3.05, 3.63) is 59.9 Å². The number of hydrogen-bond acceptors (Lipinski definition) is 2. The second-order valence-electron chi connectivity index (χ2n) is 6.85. The monoisotopic (exact) mass is 368 g/mol. The molecular weight excluding hydrogens is 347 g/mol. The van der Waals surface area contributed by atoms with Gasteiger partial charge < -0.3 is 15.5 Å². The number of hydrogen-bond donors (Lipinski definition) is 2. The normalized spacial score (nSPS) is 16.2. The Morgan fingerprint density at radius 3 is 2.67 bits per heavy atom. The summed E-state index contributed by atoms with van der Waals surface area (Å²) in [6.07, 6.45) is 1.95. The quantitative estimate of drug-likeness (QED) is 0.848. The lowest BCUT2D eigenvalue weighted by atomic mass is 10.2. The van der Waals surface area contributed by atoms with E-state index in [4.69, 9.17) is 0 Å². The molecule has 1 aliphatic heterocycles. The number of rotatable bonds is 5. The van der Waals surface area contributed by atoms with E-state index in [-0.39, 0.29) is 23.9 Å². The first-order valence-electron chi connectivity index (χ1n) is 9.08. The van der Waals surface area contributed by atoms with Gasteiger partial charge in [-0.25, -0.2) is 14.0 Å². The van der Waals surface area contributed by atoms with Crippen molar-refractivity contribution < 1.29 is 14.0 Å². The van der Waals surface area contributed by atoms with E-state index in [1.807, 2.05) is 12.1 Å². The third-order valence-corrected chi connectivity index (χ3v) is 4.78. The largest absolute Gasteiger partial charge is 0.336 e. The van der Waals surface area contributed by atoms with Crippen molar-refractivity contribution in [2.45, 2.75) is 25.4 Å². The fraction of sp³-hybridized carbons (Fsp3) is 0.300. The number of carbonyl (C=O) groups is 2. The summed E-state index contributed by atoms with van der Waals surface area (Å²) in [5.74, 6) is -0.288. The first-order chi connectivity index (χ1) is 13.1. The van der Waals surface area contributed by atoms with Crippen molar-refractivity contribution in [2.75, 3.05) is 23.3 Å². The Labute approximate surface area is 157 Å². The molecule has 0 spiro atoms. The average molecular weight is 368 g/mol. The van der Waals surface area contributed by atoms with Crippen LogP contribution in [0.4, 0.5) is 25.4 Å². The lowest BCUT2D eigenvalue weighted by Crippen LogP contribution is -2.36. The van der Waals surface area contributed by atoms with Crippen LogP contribution in [0.3, 0.4) is 0 Å². The zero-order valence-corrected chi connectivity index (χ0v) is 14.8. The molecule has 0 bridgehead atoms. The van der Waals surface area contributed by atoms with Crippen LogP contribution in [-0.4, -0.2) is 36.1 Å². The van der Waals surface area contributed by atoms with Crippen molar-refractivity contribution in [3.63, 3.8) is 0 Å². The minimum atomic E-state index is -0.288. The maximum atomic E-state index is 13.1. The molecule has 0 radical (unpaired) electrons. The molecule has 27 heavy (non-hydrogen) atoms. The molecule has 4 amide bonds. The molecule has 0 unspecified atom stereocenters. The standard InChI is InChI=1S/C20H21FN4O2/c21-15-6-4-14(5-7-15)13-25(17-8-9-17)20(27)23-16-2-1-3-18(12-16)24-11-10-22-19(24)26/h1-7,12,17H,8-11,13H2,(H,22,26)(H,23,27). The fourth-order valence-corrected chi connectivity index (χ4v) is 3.20. The summed E-state index contributed by atoms with van der Waals surface area (Å²) in [4.78, 5) is 28.1. The molecule has 1 saturated heterocycles. The number of nitrogens with zero attached hydrogens (tertiary/aromatic N) is 2. The Bertz CT molecular complexity index is 851. The molecule has 2 N–H and O–H groups in total. The first-order valence-corrected chi connectivity index (χ1v) is 9.08. The van der Waals surface area contributed by atoms with Gasteiger partial charge in [0.1, 0.15) is 5.82 Å². The third kappa shape index (κ3) is 4.02. The Morgan fingerprint density at radius 1 is 1.22 bits per heavy atom. The van der Waals surface area contributed by atoms with Crippen LogP contribution in [0.2, 0.25) is 0 Å². The van der Waals surface area contributed by atoms with E-state index >= 15 is 0 Å². The van der Waals surface area contributed by atoms with Crippen LogP contribution in [0, 0.1) is 5.82 Å². The fourth-order valence-electron chi connectivity index (χ4n) is 3.20. The second-order valence-corrected chi connectivity index (χ2v) is 6.85. The van der Waals surface area contributed by atoms with Crippen LogP contribution in [-0.2, 0) is 6.54 Å². The van der Waals surface area contributed by atoms with Crippen molar-refractivity contribution in [1.29, 1.82) is 0 Å². The summed E-state index contributed by atoms with van der Waals surface area (Å²) in [7, 11) is 0. The molecule has 0 aromatic heterocycles. The highest BCUT2D eigenvalue weighted by molar-refractivity contribution is 5.96. The van der Waals surface area contributed by atoms with Gasteiger partial charge in [-0.15, -0.1) is 0 Å². The average Bonchev–Trinajstić information content (AvgIpc) is 3.41. The minimum absolute atomic E-state index is 0.130. The van der Waals surface area contributed by atoms with Gasteiger partial charge in [0.25, 0.3) is 0 Å². The Morgan fingerprint density at radius 2 is 2.00 bits per heavy atom. The molecule has 2 aromatic carbocycles. The summed E-state index contributed by atoms with van der Waals surface area (Å²) >= 11 is 0. The van der Waals surface area contributed by atoms with Gasteiger partial charge in [-0.05, 0) is 48.7 Å².